The van der Waals surface area contributed by atoms with Gasteiger partial charge in [0.25, 0.3) is 0 Å². The maximum Gasteiger partial charge on any atom is 0.175 e. The molecule has 4 nitrogen and oxygen atoms in total. The van der Waals surface area contributed by atoms with Gasteiger partial charge in [-0.15, -0.1) is 0 Å². The van der Waals surface area contributed by atoms with E-state index in [1.165, 1.54) is 12.1 Å². The number of hydrogen-bond acceptors (Lipinski definition) is 4. The molecule has 7 heteroatoms. The zero-order chi connectivity index (χ0) is 15.6. The van der Waals surface area contributed by atoms with Crippen LogP contribution in [0.2, 0.25) is 5.02 Å². The summed E-state index contributed by atoms with van der Waals surface area (Å²) in [7, 11) is -4.52. The van der Waals surface area contributed by atoms with Crippen molar-refractivity contribution in [1.82, 2.24) is 0 Å². The molecule has 0 aliphatic carbocycles. The van der Waals surface area contributed by atoms with Crippen molar-refractivity contribution in [2.45, 2.75) is 15.5 Å². The maximum absolute atomic E-state index is 12.3. The Balaban J connectivity index is 2.18. The zero-order valence-electron chi connectivity index (χ0n) is 11.2. The fourth-order valence-electron chi connectivity index (χ4n) is 1.76. The summed E-state index contributed by atoms with van der Waals surface area (Å²) < 4.78 is 35.0. The predicted octanol–water partition coefficient (Wildman–Crippen LogP) is 2.63. The molecule has 0 saturated carbocycles. The van der Waals surface area contributed by atoms with E-state index in [0.717, 1.165) is 11.8 Å². The molecule has 0 heterocycles. The van der Waals surface area contributed by atoms with Crippen LogP contribution in [-0.2, 0) is 26.4 Å². The highest BCUT2D eigenvalue weighted by Crippen LogP contribution is 2.22. The Labute approximate surface area is 131 Å². The van der Waals surface area contributed by atoms with Crippen LogP contribution >= 0.6 is 11.6 Å². The third-order valence-corrected chi connectivity index (χ3v) is 5.74. The molecule has 0 saturated heterocycles. The Kier molecular flexibility index (Phi) is 4.70. The summed E-state index contributed by atoms with van der Waals surface area (Å²) in [4.78, 5) is 0.773. The van der Waals surface area contributed by atoms with Crippen LogP contribution < -0.4 is 5.73 Å². The number of hydrogen-bond donors (Lipinski definition) is 1. The Morgan fingerprint density at radius 3 is 2.29 bits per heavy atom. The van der Waals surface area contributed by atoms with E-state index in [9.17, 15) is 12.6 Å². The first-order chi connectivity index (χ1) is 9.77. The SMILES string of the molecule is CS(=O)(=O)c1ccc(S(=O)Cc2ccc(Cl)c(N)c2)cc1. The average molecular weight is 344 g/mol. The topological polar surface area (TPSA) is 77.2 Å². The summed E-state index contributed by atoms with van der Waals surface area (Å²) in [5.74, 6) is 0.291. The third kappa shape index (κ3) is 4.06. The van der Waals surface area contributed by atoms with Gasteiger partial charge in [-0.05, 0) is 42.0 Å². The van der Waals surface area contributed by atoms with Crippen molar-refractivity contribution in [1.29, 1.82) is 0 Å². The summed E-state index contributed by atoms with van der Waals surface area (Å²) in [6, 6.07) is 11.2. The van der Waals surface area contributed by atoms with Crippen molar-refractivity contribution < 1.29 is 12.6 Å². The second-order valence-corrected chi connectivity index (χ2v) is 8.46. The van der Waals surface area contributed by atoms with E-state index >= 15 is 0 Å². The Morgan fingerprint density at radius 2 is 1.76 bits per heavy atom. The minimum Gasteiger partial charge on any atom is -0.398 e. The van der Waals surface area contributed by atoms with Gasteiger partial charge in [0.1, 0.15) is 0 Å². The smallest absolute Gasteiger partial charge is 0.175 e. The van der Waals surface area contributed by atoms with Crippen LogP contribution in [-0.4, -0.2) is 18.9 Å². The van der Waals surface area contributed by atoms with E-state index in [1.54, 1.807) is 30.3 Å². The summed E-state index contributed by atoms with van der Waals surface area (Å²) in [6.07, 6.45) is 1.13. The minimum absolute atomic E-state index is 0.207. The number of nitrogens with two attached hydrogens (primary N) is 1. The Morgan fingerprint density at radius 1 is 1.14 bits per heavy atom. The van der Waals surface area contributed by atoms with Gasteiger partial charge in [-0.2, -0.15) is 0 Å². The number of sulfone groups is 1. The largest absolute Gasteiger partial charge is 0.398 e. The molecule has 0 fully saturated rings. The Hall–Kier alpha value is -1.37. The van der Waals surface area contributed by atoms with Crippen molar-refractivity contribution in [3.63, 3.8) is 0 Å². The molecule has 2 aromatic carbocycles. The lowest BCUT2D eigenvalue weighted by Crippen LogP contribution is -2.00. The second kappa shape index (κ2) is 6.17. The number of halogens is 1. The zero-order valence-corrected chi connectivity index (χ0v) is 13.6. The molecule has 0 aliphatic rings. The molecule has 2 aromatic rings. The molecule has 2 N–H and O–H groups in total. The van der Waals surface area contributed by atoms with Crippen LogP contribution in [0.1, 0.15) is 5.56 Å². The highest BCUT2D eigenvalue weighted by Gasteiger charge is 2.10. The molecule has 112 valence electrons. The first-order valence-electron chi connectivity index (χ1n) is 6.00. The van der Waals surface area contributed by atoms with Gasteiger partial charge in [-0.25, -0.2) is 8.42 Å². The fourth-order valence-corrected chi connectivity index (χ4v) is 3.59. The number of rotatable bonds is 4. The van der Waals surface area contributed by atoms with Gasteiger partial charge in [0, 0.05) is 11.2 Å². The second-order valence-electron chi connectivity index (χ2n) is 4.59. The van der Waals surface area contributed by atoms with Crippen molar-refractivity contribution >= 4 is 37.9 Å². The number of nitrogen functional groups attached to an aromatic ring is 1. The molecule has 2 rings (SSSR count). The van der Waals surface area contributed by atoms with Crippen LogP contribution in [0.3, 0.4) is 0 Å². The lowest BCUT2D eigenvalue weighted by Gasteiger charge is -2.06. The molecule has 0 bridgehead atoms. The van der Waals surface area contributed by atoms with E-state index < -0.39 is 20.6 Å². The van der Waals surface area contributed by atoms with E-state index in [4.69, 9.17) is 17.3 Å². The molecule has 0 aliphatic heterocycles. The lowest BCUT2D eigenvalue weighted by molar-refractivity contribution is 0.601. The molecular formula is C14H14ClNO3S2. The lowest BCUT2D eigenvalue weighted by atomic mass is 10.2. The van der Waals surface area contributed by atoms with Gasteiger partial charge < -0.3 is 5.73 Å². The van der Waals surface area contributed by atoms with Crippen LogP contribution in [0.15, 0.2) is 52.3 Å². The molecule has 0 amide bonds. The third-order valence-electron chi connectivity index (χ3n) is 2.87. The molecule has 0 radical (unpaired) electrons. The van der Waals surface area contributed by atoms with Crippen molar-refractivity contribution in [2.75, 3.05) is 12.0 Å². The van der Waals surface area contributed by atoms with Crippen molar-refractivity contribution in [2.24, 2.45) is 0 Å². The normalized spacial score (nSPS) is 13.0. The molecule has 0 aromatic heterocycles. The van der Waals surface area contributed by atoms with Crippen LogP contribution in [0.5, 0.6) is 0 Å². The van der Waals surface area contributed by atoms with Gasteiger partial charge in [-0.1, -0.05) is 17.7 Å². The fraction of sp³-hybridized carbons (Fsp3) is 0.143. The summed E-state index contributed by atoms with van der Waals surface area (Å²) in [5.41, 5.74) is 6.96. The standard InChI is InChI=1S/C14H14ClNO3S2/c1-21(18,19)12-5-3-11(4-6-12)20(17)9-10-2-7-13(15)14(16)8-10/h2-8H,9,16H2,1H3. The molecular weight excluding hydrogens is 330 g/mol. The molecule has 1 unspecified atom stereocenters. The Bertz CT molecular complexity index is 786. The van der Waals surface area contributed by atoms with Crippen LogP contribution in [0.4, 0.5) is 5.69 Å². The van der Waals surface area contributed by atoms with E-state index in [2.05, 4.69) is 0 Å². The first kappa shape index (κ1) is 16.0. The molecule has 21 heavy (non-hydrogen) atoms. The van der Waals surface area contributed by atoms with E-state index in [0.29, 0.717) is 21.4 Å². The quantitative estimate of drug-likeness (QED) is 0.866. The van der Waals surface area contributed by atoms with Gasteiger partial charge in [0.15, 0.2) is 9.84 Å². The van der Waals surface area contributed by atoms with Crippen molar-refractivity contribution in [3.05, 3.63) is 53.1 Å². The summed E-state index contributed by atoms with van der Waals surface area (Å²) in [6.45, 7) is 0. The average Bonchev–Trinajstić information content (AvgIpc) is 2.42. The van der Waals surface area contributed by atoms with Gasteiger partial charge in [0.05, 0.1) is 32.2 Å². The monoisotopic (exact) mass is 343 g/mol. The van der Waals surface area contributed by atoms with Crippen LogP contribution in [0, 0.1) is 0 Å². The van der Waals surface area contributed by atoms with E-state index in [1.807, 2.05) is 0 Å². The van der Waals surface area contributed by atoms with E-state index in [-0.39, 0.29) is 4.90 Å². The summed E-state index contributed by atoms with van der Waals surface area (Å²) in [5, 5.41) is 0.460. The van der Waals surface area contributed by atoms with Crippen molar-refractivity contribution in [3.8, 4) is 0 Å². The predicted molar refractivity (Wildman–Crippen MR) is 85.5 cm³/mol. The van der Waals surface area contributed by atoms with Crippen LogP contribution in [0.25, 0.3) is 0 Å². The molecule has 0 spiro atoms. The minimum atomic E-state index is -3.24. The highest BCUT2D eigenvalue weighted by molar-refractivity contribution is 7.90. The van der Waals surface area contributed by atoms with Gasteiger partial charge in [0.2, 0.25) is 0 Å². The van der Waals surface area contributed by atoms with Gasteiger partial charge >= 0.3 is 0 Å². The van der Waals surface area contributed by atoms with Gasteiger partial charge in [-0.3, -0.25) is 4.21 Å². The molecule has 1 atom stereocenters. The first-order valence-corrected chi connectivity index (χ1v) is 9.58. The summed E-state index contributed by atoms with van der Waals surface area (Å²) >= 11 is 5.84. The highest BCUT2D eigenvalue weighted by atomic mass is 35.5. The number of anilines is 1. The maximum atomic E-state index is 12.3. The number of benzene rings is 2.